The first-order valence-electron chi connectivity index (χ1n) is 9.18. The lowest BCUT2D eigenvalue weighted by Gasteiger charge is -2.61. The fraction of sp³-hybridized carbons (Fsp3) is 1.00. The van der Waals surface area contributed by atoms with E-state index in [1.165, 1.54) is 25.7 Å². The van der Waals surface area contributed by atoms with Gasteiger partial charge in [0.25, 0.3) is 0 Å². The Hall–Kier alpha value is -0.480. The van der Waals surface area contributed by atoms with Crippen molar-refractivity contribution in [1.29, 1.82) is 0 Å². The summed E-state index contributed by atoms with van der Waals surface area (Å²) in [5.74, 6) is 1.49. The largest absolute Gasteiger partial charge is 0.218 e. The number of hydrogen-bond donors (Lipinski definition) is 0. The second-order valence-electron chi connectivity index (χ2n) is 9.84. The lowest BCUT2D eigenvalue weighted by atomic mass is 9.59. The van der Waals surface area contributed by atoms with Crippen molar-refractivity contribution >= 4 is 0 Å². The van der Waals surface area contributed by atoms with E-state index in [9.17, 15) is 0 Å². The van der Waals surface area contributed by atoms with Crippen LogP contribution in [-0.2, 0) is 0 Å². The van der Waals surface area contributed by atoms with Crippen LogP contribution in [0.3, 0.4) is 0 Å². The Balaban J connectivity index is 1.72. The third-order valence-corrected chi connectivity index (χ3v) is 6.29. The van der Waals surface area contributed by atoms with E-state index < -0.39 is 0 Å². The summed E-state index contributed by atoms with van der Waals surface area (Å²) < 4.78 is 2.46. The molecule has 4 aliphatic heterocycles. The average molecular weight is 304 g/mol. The molecule has 6 rings (SSSR count). The van der Waals surface area contributed by atoms with Gasteiger partial charge in [0.1, 0.15) is 6.04 Å². The molecule has 4 heteroatoms. The lowest BCUT2D eigenvalue weighted by molar-refractivity contribution is -0.714. The van der Waals surface area contributed by atoms with E-state index in [1.807, 2.05) is 0 Å². The standard InChI is InChI=1S/C18H32N4/c1-17(2,3)21-13-9-7-11(19-21)16-14-10-8-12(15(13)16)20-22(14)18(4,5)6/h11-16H,7-10H2,1-6H3/q+1/t11-,12-,13+,14+,15-,16-/m1/s1. The van der Waals surface area contributed by atoms with E-state index in [1.54, 1.807) is 0 Å². The molecule has 0 spiro atoms. The van der Waals surface area contributed by atoms with Crippen molar-refractivity contribution in [2.75, 3.05) is 0 Å². The van der Waals surface area contributed by atoms with Crippen LogP contribution in [0.1, 0.15) is 67.2 Å². The smallest absolute Gasteiger partial charge is 0.183 e. The molecule has 0 amide bonds. The van der Waals surface area contributed by atoms with Gasteiger partial charge in [-0.05, 0) is 45.1 Å². The van der Waals surface area contributed by atoms with Gasteiger partial charge < -0.3 is 0 Å². The third-order valence-electron chi connectivity index (χ3n) is 6.29. The SMILES string of the molecule is CC(C)(C)N1[N][C@@H]2CC[C@H]1[C@@H]1[C@H]2[C@@H]2CC[C@H]1N=[N+]2C(C)(C)C. The molecule has 0 aromatic rings. The van der Waals surface area contributed by atoms with Crippen molar-refractivity contribution in [2.45, 2.75) is 102 Å². The Kier molecular flexibility index (Phi) is 3.11. The van der Waals surface area contributed by atoms with Gasteiger partial charge in [0.15, 0.2) is 11.6 Å². The molecule has 22 heavy (non-hydrogen) atoms. The van der Waals surface area contributed by atoms with Crippen molar-refractivity contribution in [2.24, 2.45) is 17.0 Å². The van der Waals surface area contributed by atoms with E-state index in [4.69, 9.17) is 10.5 Å². The van der Waals surface area contributed by atoms with Crippen LogP contribution in [0.2, 0.25) is 0 Å². The zero-order chi connectivity index (χ0) is 15.9. The minimum atomic E-state index is 0.148. The Morgan fingerprint density at radius 3 is 2.18 bits per heavy atom. The molecule has 6 aliphatic rings. The van der Waals surface area contributed by atoms with Gasteiger partial charge in [-0.2, -0.15) is 5.43 Å². The van der Waals surface area contributed by atoms with E-state index in [2.05, 4.69) is 51.2 Å². The van der Waals surface area contributed by atoms with Gasteiger partial charge >= 0.3 is 0 Å². The van der Waals surface area contributed by atoms with Crippen LogP contribution >= 0.6 is 0 Å². The number of nitrogens with zero attached hydrogens (tertiary/aromatic N) is 4. The number of fused-ring (bicyclic) bond motifs is 3. The topological polar surface area (TPSA) is 32.7 Å². The van der Waals surface area contributed by atoms with Gasteiger partial charge in [-0.1, -0.05) is 0 Å². The Morgan fingerprint density at radius 1 is 0.864 bits per heavy atom. The van der Waals surface area contributed by atoms with Crippen molar-refractivity contribution in [3.05, 3.63) is 0 Å². The molecule has 1 radical (unpaired) electrons. The maximum atomic E-state index is 5.21. The van der Waals surface area contributed by atoms with Crippen LogP contribution in [0.25, 0.3) is 0 Å². The Bertz CT molecular complexity index is 498. The van der Waals surface area contributed by atoms with Crippen LogP contribution in [0.4, 0.5) is 0 Å². The summed E-state index contributed by atoms with van der Waals surface area (Å²) >= 11 is 0. The molecule has 6 atom stereocenters. The third kappa shape index (κ3) is 2.02. The molecule has 0 aromatic heterocycles. The average Bonchev–Trinajstić information content (AvgIpc) is 2.46. The highest BCUT2D eigenvalue weighted by Gasteiger charge is 2.64. The summed E-state index contributed by atoms with van der Waals surface area (Å²) in [6.45, 7) is 13.9. The molecule has 2 aliphatic carbocycles. The highest BCUT2D eigenvalue weighted by molar-refractivity contribution is 5.10. The summed E-state index contributed by atoms with van der Waals surface area (Å²) in [5, 5.41) is 7.66. The van der Waals surface area contributed by atoms with E-state index in [0.717, 1.165) is 11.8 Å². The molecule has 0 N–H and O–H groups in total. The first-order chi connectivity index (χ1) is 10.2. The Labute approximate surface area is 135 Å². The summed E-state index contributed by atoms with van der Waals surface area (Å²) in [7, 11) is 0. The van der Waals surface area contributed by atoms with Gasteiger partial charge in [-0.15, -0.1) is 4.70 Å². The number of rotatable bonds is 0. The first-order valence-corrected chi connectivity index (χ1v) is 9.18. The summed E-state index contributed by atoms with van der Waals surface area (Å²) in [4.78, 5) is 0. The fourth-order valence-electron chi connectivity index (χ4n) is 5.66. The molecular formula is C18H32N4+. The zero-order valence-electron chi connectivity index (χ0n) is 15.1. The van der Waals surface area contributed by atoms with Crippen LogP contribution in [0.5, 0.6) is 0 Å². The van der Waals surface area contributed by atoms with Crippen LogP contribution in [0.15, 0.2) is 5.11 Å². The summed E-state index contributed by atoms with van der Waals surface area (Å²) in [5.41, 5.74) is 5.50. The normalized spacial score (nSPS) is 44.9. The van der Waals surface area contributed by atoms with Gasteiger partial charge in [0, 0.05) is 50.6 Å². The molecule has 4 bridgehead atoms. The predicted molar refractivity (Wildman–Crippen MR) is 86.8 cm³/mol. The van der Waals surface area contributed by atoms with Gasteiger partial charge in [0.05, 0.1) is 6.04 Å². The molecule has 4 nitrogen and oxygen atoms in total. The molecule has 123 valence electrons. The minimum Gasteiger partial charge on any atom is -0.218 e. The summed E-state index contributed by atoms with van der Waals surface area (Å²) in [6, 6.07) is 2.30. The van der Waals surface area contributed by atoms with Gasteiger partial charge in [0.2, 0.25) is 0 Å². The first kappa shape index (κ1) is 15.1. The predicted octanol–water partition coefficient (Wildman–Crippen LogP) is 3.19. The zero-order valence-corrected chi connectivity index (χ0v) is 15.1. The highest BCUT2D eigenvalue weighted by atomic mass is 15.6. The quantitative estimate of drug-likeness (QED) is 0.633. The van der Waals surface area contributed by atoms with E-state index in [-0.39, 0.29) is 11.1 Å². The maximum Gasteiger partial charge on any atom is 0.183 e. The maximum absolute atomic E-state index is 5.21. The number of azo groups is 2. The second-order valence-corrected chi connectivity index (χ2v) is 9.84. The monoisotopic (exact) mass is 304 g/mol. The summed E-state index contributed by atoms with van der Waals surface area (Å²) in [6.07, 6.45) is 5.22. The molecule has 0 aromatic carbocycles. The minimum absolute atomic E-state index is 0.148. The van der Waals surface area contributed by atoms with Crippen molar-refractivity contribution in [1.82, 2.24) is 10.4 Å². The van der Waals surface area contributed by atoms with E-state index in [0.29, 0.717) is 24.2 Å². The van der Waals surface area contributed by atoms with Crippen molar-refractivity contribution < 1.29 is 4.70 Å². The van der Waals surface area contributed by atoms with Crippen molar-refractivity contribution in [3.63, 3.8) is 0 Å². The molecule has 4 fully saturated rings. The molecule has 4 heterocycles. The van der Waals surface area contributed by atoms with Gasteiger partial charge in [-0.3, -0.25) is 0 Å². The second kappa shape index (κ2) is 4.54. The van der Waals surface area contributed by atoms with Gasteiger partial charge in [-0.25, -0.2) is 5.01 Å². The molecular weight excluding hydrogens is 272 g/mol. The van der Waals surface area contributed by atoms with E-state index >= 15 is 0 Å². The van der Waals surface area contributed by atoms with Crippen LogP contribution in [0, 0.1) is 11.8 Å². The van der Waals surface area contributed by atoms with Crippen LogP contribution < -0.4 is 5.43 Å². The molecule has 2 saturated carbocycles. The Morgan fingerprint density at radius 2 is 1.55 bits per heavy atom. The highest BCUT2D eigenvalue weighted by Crippen LogP contribution is 2.52. The molecule has 2 saturated heterocycles. The fourth-order valence-corrected chi connectivity index (χ4v) is 5.66. The molecule has 0 unspecified atom stereocenters. The lowest BCUT2D eigenvalue weighted by Crippen LogP contribution is -2.74. The van der Waals surface area contributed by atoms with Crippen molar-refractivity contribution in [3.8, 4) is 0 Å². The number of hydrogen-bond acceptors (Lipinski definition) is 2. The van der Waals surface area contributed by atoms with Crippen LogP contribution in [-0.4, -0.2) is 45.0 Å².